The van der Waals surface area contributed by atoms with Gasteiger partial charge in [0.25, 0.3) is 0 Å². The fourth-order valence-corrected chi connectivity index (χ4v) is 3.82. The van der Waals surface area contributed by atoms with Gasteiger partial charge in [-0.25, -0.2) is 4.98 Å². The predicted molar refractivity (Wildman–Crippen MR) is 94.8 cm³/mol. The highest BCUT2D eigenvalue weighted by molar-refractivity contribution is 5.82. The van der Waals surface area contributed by atoms with Gasteiger partial charge in [0.2, 0.25) is 0 Å². The lowest BCUT2D eigenvalue weighted by Crippen LogP contribution is -2.33. The molecular formula is C17H25N5O5. The summed E-state index contributed by atoms with van der Waals surface area (Å²) < 4.78 is 12.8. The number of aromatic nitrogens is 4. The largest absolute Gasteiger partial charge is 0.463 e. The minimum absolute atomic E-state index is 0.152. The third kappa shape index (κ3) is 3.45. The summed E-state index contributed by atoms with van der Waals surface area (Å²) in [6.07, 6.45) is 3.13. The molecular weight excluding hydrogens is 354 g/mol. The van der Waals surface area contributed by atoms with Gasteiger partial charge in [-0.1, -0.05) is 19.3 Å². The molecule has 10 nitrogen and oxygen atoms in total. The van der Waals surface area contributed by atoms with Gasteiger partial charge in [-0.05, 0) is 18.8 Å². The van der Waals surface area contributed by atoms with Crippen molar-refractivity contribution in [3.63, 3.8) is 0 Å². The Balaban J connectivity index is 1.58. The molecule has 1 unspecified atom stereocenters. The molecule has 0 bridgehead atoms. The second kappa shape index (κ2) is 7.55. The molecule has 27 heavy (non-hydrogen) atoms. The molecule has 148 valence electrons. The summed E-state index contributed by atoms with van der Waals surface area (Å²) in [4.78, 5) is 12.7. The van der Waals surface area contributed by atoms with Gasteiger partial charge in [0.05, 0.1) is 19.5 Å². The Bertz CT molecular complexity index is 793. The van der Waals surface area contributed by atoms with Crippen LogP contribution in [0.1, 0.15) is 38.3 Å². The average molecular weight is 379 g/mol. The van der Waals surface area contributed by atoms with E-state index in [1.54, 1.807) is 0 Å². The third-order valence-electron chi connectivity index (χ3n) is 5.39. The lowest BCUT2D eigenvalue weighted by molar-refractivity contribution is -0.0511. The van der Waals surface area contributed by atoms with Crippen molar-refractivity contribution in [1.29, 1.82) is 0 Å². The van der Waals surface area contributed by atoms with Gasteiger partial charge in [0.15, 0.2) is 23.2 Å². The number of aliphatic hydroxyl groups is 3. The molecule has 0 radical (unpaired) electrons. The van der Waals surface area contributed by atoms with Crippen molar-refractivity contribution in [2.24, 2.45) is 5.92 Å². The number of fused-ring (bicyclic) bond motifs is 1. The molecule has 1 aliphatic heterocycles. The zero-order chi connectivity index (χ0) is 19.0. The third-order valence-corrected chi connectivity index (χ3v) is 5.39. The summed E-state index contributed by atoms with van der Waals surface area (Å²) >= 11 is 0. The van der Waals surface area contributed by atoms with Gasteiger partial charge in [-0.15, -0.1) is 0 Å². The molecule has 0 amide bonds. The van der Waals surface area contributed by atoms with Crippen molar-refractivity contribution in [1.82, 2.24) is 19.5 Å². The average Bonchev–Trinajstić information content (AvgIpc) is 3.23. The Morgan fingerprint density at radius 1 is 1.19 bits per heavy atom. The van der Waals surface area contributed by atoms with Crippen LogP contribution in [0.2, 0.25) is 0 Å². The molecule has 4 rings (SSSR count). The number of aliphatic hydroxyl groups excluding tert-OH is 3. The number of hydrogen-bond donors (Lipinski definition) is 4. The van der Waals surface area contributed by atoms with Crippen LogP contribution in [0.25, 0.3) is 11.2 Å². The van der Waals surface area contributed by atoms with Crippen LogP contribution in [0, 0.1) is 5.92 Å². The molecule has 1 saturated carbocycles. The summed E-state index contributed by atoms with van der Waals surface area (Å²) in [5.41, 5.74) is 6.70. The smallest absolute Gasteiger partial charge is 0.320 e. The van der Waals surface area contributed by atoms with Crippen molar-refractivity contribution in [2.45, 2.75) is 56.6 Å². The normalized spacial score (nSPS) is 29.4. The lowest BCUT2D eigenvalue weighted by atomic mass is 9.90. The van der Waals surface area contributed by atoms with E-state index in [2.05, 4.69) is 15.0 Å². The number of nitrogens with two attached hydrogens (primary N) is 1. The number of imidazole rings is 1. The van der Waals surface area contributed by atoms with E-state index < -0.39 is 31.1 Å². The van der Waals surface area contributed by atoms with Gasteiger partial charge in [0, 0.05) is 0 Å². The standard InChI is InChI=1S/C17H25N5O5/c18-14-11-15(21-17(20-14)26-7-9-4-2-1-3-5-9)22(8-19-11)16-13(25)12(24)10(6-23)27-16/h8-10,12-13,16,23-25H,1-7H2,(H2,18,20,21)/t10-,12-,13-,16?/m0/s1. The fourth-order valence-electron chi connectivity index (χ4n) is 3.82. The van der Waals surface area contributed by atoms with Crippen LogP contribution in [0.4, 0.5) is 5.82 Å². The zero-order valence-electron chi connectivity index (χ0n) is 14.9. The van der Waals surface area contributed by atoms with Gasteiger partial charge in [0.1, 0.15) is 18.3 Å². The van der Waals surface area contributed by atoms with E-state index in [-0.39, 0.29) is 11.8 Å². The van der Waals surface area contributed by atoms with Crippen molar-refractivity contribution in [3.05, 3.63) is 6.33 Å². The molecule has 4 atom stereocenters. The SMILES string of the molecule is Nc1nc(OCC2CCCCC2)nc2c1ncn2C1O[C@@H](CO)[C@H](O)[C@@H]1O. The highest BCUT2D eigenvalue weighted by Crippen LogP contribution is 2.32. The van der Waals surface area contributed by atoms with Crippen LogP contribution in [0.5, 0.6) is 6.01 Å². The van der Waals surface area contributed by atoms with E-state index >= 15 is 0 Å². The Kier molecular flexibility index (Phi) is 5.13. The number of anilines is 1. The van der Waals surface area contributed by atoms with E-state index in [1.807, 2.05) is 0 Å². The zero-order valence-corrected chi connectivity index (χ0v) is 14.9. The molecule has 0 aromatic carbocycles. The summed E-state index contributed by atoms with van der Waals surface area (Å²) in [5.74, 6) is 0.661. The van der Waals surface area contributed by atoms with Crippen LogP contribution in [0.15, 0.2) is 6.33 Å². The van der Waals surface area contributed by atoms with Crippen LogP contribution in [0.3, 0.4) is 0 Å². The monoisotopic (exact) mass is 379 g/mol. The number of nitrogens with zero attached hydrogens (tertiary/aromatic N) is 4. The number of hydrogen-bond acceptors (Lipinski definition) is 9. The first kappa shape index (κ1) is 18.4. The predicted octanol–water partition coefficient (Wildman–Crippen LogP) is -0.0209. The fraction of sp³-hybridized carbons (Fsp3) is 0.706. The number of nitrogen functional groups attached to an aromatic ring is 1. The Hall–Kier alpha value is -2.01. The van der Waals surface area contributed by atoms with Crippen LogP contribution >= 0.6 is 0 Å². The van der Waals surface area contributed by atoms with E-state index in [9.17, 15) is 15.3 Å². The second-order valence-electron chi connectivity index (χ2n) is 7.26. The topological polar surface area (TPSA) is 149 Å². The maximum Gasteiger partial charge on any atom is 0.320 e. The first-order valence-corrected chi connectivity index (χ1v) is 9.33. The minimum Gasteiger partial charge on any atom is -0.463 e. The van der Waals surface area contributed by atoms with E-state index in [0.717, 1.165) is 12.8 Å². The first-order chi connectivity index (χ1) is 13.1. The molecule has 2 fully saturated rings. The van der Waals surface area contributed by atoms with Crippen molar-refractivity contribution >= 4 is 17.0 Å². The highest BCUT2D eigenvalue weighted by Gasteiger charge is 2.44. The van der Waals surface area contributed by atoms with Gasteiger partial charge < -0.3 is 30.5 Å². The van der Waals surface area contributed by atoms with Crippen molar-refractivity contribution in [2.75, 3.05) is 18.9 Å². The van der Waals surface area contributed by atoms with Gasteiger partial charge in [-0.2, -0.15) is 9.97 Å². The van der Waals surface area contributed by atoms with E-state index in [0.29, 0.717) is 23.7 Å². The summed E-state index contributed by atoms with van der Waals surface area (Å²) in [6.45, 7) is 0.126. The molecule has 0 spiro atoms. The molecule has 3 heterocycles. The molecule has 2 aliphatic rings. The number of ether oxygens (including phenoxy) is 2. The van der Waals surface area contributed by atoms with E-state index in [4.69, 9.17) is 15.2 Å². The van der Waals surface area contributed by atoms with Crippen LogP contribution in [-0.2, 0) is 4.74 Å². The molecule has 2 aromatic rings. The molecule has 2 aromatic heterocycles. The van der Waals surface area contributed by atoms with Gasteiger partial charge in [-0.3, -0.25) is 4.57 Å². The van der Waals surface area contributed by atoms with Crippen molar-refractivity contribution < 1.29 is 24.8 Å². The van der Waals surface area contributed by atoms with Crippen molar-refractivity contribution in [3.8, 4) is 6.01 Å². The highest BCUT2D eigenvalue weighted by atomic mass is 16.6. The quantitative estimate of drug-likeness (QED) is 0.562. The Morgan fingerprint density at radius 2 is 1.96 bits per heavy atom. The lowest BCUT2D eigenvalue weighted by Gasteiger charge is -2.21. The first-order valence-electron chi connectivity index (χ1n) is 9.33. The second-order valence-corrected chi connectivity index (χ2v) is 7.26. The summed E-state index contributed by atoms with van der Waals surface area (Å²) in [7, 11) is 0. The maximum atomic E-state index is 10.3. The van der Waals surface area contributed by atoms with E-state index in [1.165, 1.54) is 30.2 Å². The molecule has 10 heteroatoms. The molecule has 1 saturated heterocycles. The number of rotatable bonds is 5. The Morgan fingerprint density at radius 3 is 2.67 bits per heavy atom. The summed E-state index contributed by atoms with van der Waals surface area (Å²) in [5, 5.41) is 29.5. The minimum atomic E-state index is -1.23. The molecule has 5 N–H and O–H groups in total. The maximum absolute atomic E-state index is 10.3. The Labute approximate surface area is 156 Å². The van der Waals surface area contributed by atoms with Crippen LogP contribution < -0.4 is 10.5 Å². The molecule has 1 aliphatic carbocycles. The summed E-state index contributed by atoms with van der Waals surface area (Å²) in [6, 6.07) is 0.152. The van der Waals surface area contributed by atoms with Gasteiger partial charge >= 0.3 is 6.01 Å². The van der Waals surface area contributed by atoms with Crippen LogP contribution in [-0.4, -0.2) is 66.4 Å².